The number of Topliss-reactive ketones (excluding diaryl/α,β-unsaturated/α-hetero) is 1. The highest BCUT2D eigenvalue weighted by atomic mass is 16.2. The lowest BCUT2D eigenvalue weighted by Crippen LogP contribution is -2.58. The smallest absolute Gasteiger partial charge is 0.243 e. The molecule has 2 atom stereocenters. The van der Waals surface area contributed by atoms with Crippen LogP contribution in [-0.2, 0) is 25.7 Å². The third kappa shape index (κ3) is 3.15. The van der Waals surface area contributed by atoms with Crippen LogP contribution in [0, 0.1) is 5.41 Å². The van der Waals surface area contributed by atoms with Gasteiger partial charge in [-0.1, -0.05) is 6.07 Å². The molecule has 8 heteroatoms. The monoisotopic (exact) mass is 410 g/mol. The maximum Gasteiger partial charge on any atom is 0.243 e. The molecule has 1 aromatic carbocycles. The zero-order valence-corrected chi connectivity index (χ0v) is 16.9. The third-order valence-electron chi connectivity index (χ3n) is 7.29. The summed E-state index contributed by atoms with van der Waals surface area (Å²) in [6.45, 7) is 4.57. The average molecular weight is 410 g/mol. The standard InChI is InChI=1S/C22H26N4O4/c27-11-18(28)20-16-9-15(25-7-5-22(6-8-25)12-23-13-22)2-1-14(16)10-26(20)17-3-4-19(29)24-21(17)30/h1-2,9,11,17,20,23H,3-8,10,12-13H2,(H,24,29,30). The van der Waals surface area contributed by atoms with Gasteiger partial charge in [-0.15, -0.1) is 0 Å². The van der Waals surface area contributed by atoms with Gasteiger partial charge >= 0.3 is 0 Å². The van der Waals surface area contributed by atoms with E-state index in [0.29, 0.717) is 24.7 Å². The molecule has 4 heterocycles. The predicted octanol–water partition coefficient (Wildman–Crippen LogP) is 0.306. The number of carbonyl (C=O) groups is 4. The van der Waals surface area contributed by atoms with Gasteiger partial charge in [0.2, 0.25) is 17.6 Å². The van der Waals surface area contributed by atoms with Crippen LogP contribution in [0.4, 0.5) is 5.69 Å². The van der Waals surface area contributed by atoms with Gasteiger partial charge in [-0.05, 0) is 47.9 Å². The second-order valence-corrected chi connectivity index (χ2v) is 9.04. The maximum atomic E-state index is 12.6. The number of rotatable bonds is 4. The molecule has 158 valence electrons. The van der Waals surface area contributed by atoms with Crippen LogP contribution in [0.2, 0.25) is 0 Å². The first-order valence-electron chi connectivity index (χ1n) is 10.7. The number of fused-ring (bicyclic) bond motifs is 1. The molecule has 2 N–H and O–H groups in total. The Morgan fingerprint density at radius 2 is 1.93 bits per heavy atom. The molecule has 2 amide bonds. The van der Waals surface area contributed by atoms with Crippen molar-refractivity contribution in [1.82, 2.24) is 15.5 Å². The number of hydrogen-bond donors (Lipinski definition) is 2. The van der Waals surface area contributed by atoms with E-state index in [1.54, 1.807) is 4.90 Å². The molecule has 4 aliphatic heterocycles. The first kappa shape index (κ1) is 19.4. The van der Waals surface area contributed by atoms with Crippen molar-refractivity contribution in [3.8, 4) is 0 Å². The molecule has 0 aliphatic carbocycles. The molecule has 1 aromatic rings. The fraction of sp³-hybridized carbons (Fsp3) is 0.545. The SMILES string of the molecule is O=CC(=O)C1c2cc(N3CCC4(CC3)CNC4)ccc2CN1C1CCC(=O)NC1=O. The molecular formula is C22H26N4O4. The number of ketones is 1. The first-order valence-corrected chi connectivity index (χ1v) is 10.7. The predicted molar refractivity (Wildman–Crippen MR) is 109 cm³/mol. The van der Waals surface area contributed by atoms with E-state index in [0.717, 1.165) is 55.8 Å². The van der Waals surface area contributed by atoms with Gasteiger partial charge in [0.05, 0.1) is 6.04 Å². The van der Waals surface area contributed by atoms with E-state index in [4.69, 9.17) is 0 Å². The van der Waals surface area contributed by atoms with E-state index >= 15 is 0 Å². The largest absolute Gasteiger partial charge is 0.371 e. The van der Waals surface area contributed by atoms with Gasteiger partial charge in [-0.2, -0.15) is 0 Å². The Morgan fingerprint density at radius 1 is 1.17 bits per heavy atom. The first-order chi connectivity index (χ1) is 14.5. The second-order valence-electron chi connectivity index (χ2n) is 9.04. The molecule has 3 saturated heterocycles. The number of carbonyl (C=O) groups excluding carboxylic acids is 4. The fourth-order valence-corrected chi connectivity index (χ4v) is 5.39. The molecular weight excluding hydrogens is 384 g/mol. The van der Waals surface area contributed by atoms with Crippen LogP contribution < -0.4 is 15.5 Å². The third-order valence-corrected chi connectivity index (χ3v) is 7.29. The molecule has 0 saturated carbocycles. The highest BCUT2D eigenvalue weighted by Crippen LogP contribution is 2.41. The molecule has 4 aliphatic rings. The Morgan fingerprint density at radius 3 is 2.57 bits per heavy atom. The Balaban J connectivity index is 1.40. The van der Waals surface area contributed by atoms with Crippen molar-refractivity contribution in [2.24, 2.45) is 5.41 Å². The topological polar surface area (TPSA) is 98.8 Å². The number of benzene rings is 1. The highest BCUT2D eigenvalue weighted by Gasteiger charge is 2.44. The zero-order valence-electron chi connectivity index (χ0n) is 16.9. The van der Waals surface area contributed by atoms with Gasteiger partial charge in [0.1, 0.15) is 6.04 Å². The highest BCUT2D eigenvalue weighted by molar-refractivity contribution is 6.27. The van der Waals surface area contributed by atoms with Crippen molar-refractivity contribution in [3.05, 3.63) is 29.3 Å². The van der Waals surface area contributed by atoms with E-state index < -0.39 is 23.8 Å². The molecule has 0 bridgehead atoms. The number of amides is 2. The van der Waals surface area contributed by atoms with Gasteiger partial charge in [0, 0.05) is 44.8 Å². The fourth-order valence-electron chi connectivity index (χ4n) is 5.39. The number of nitrogens with zero attached hydrogens (tertiary/aromatic N) is 2. The summed E-state index contributed by atoms with van der Waals surface area (Å²) in [5, 5.41) is 5.74. The van der Waals surface area contributed by atoms with E-state index in [-0.39, 0.29) is 12.3 Å². The Kier molecular flexibility index (Phi) is 4.71. The normalized spacial score (nSPS) is 28.1. The number of imide groups is 1. The Labute approximate surface area is 175 Å². The molecule has 8 nitrogen and oxygen atoms in total. The molecule has 2 unspecified atom stereocenters. The summed E-state index contributed by atoms with van der Waals surface area (Å²) >= 11 is 0. The lowest BCUT2D eigenvalue weighted by atomic mass is 9.73. The minimum atomic E-state index is -0.770. The second kappa shape index (κ2) is 7.28. The summed E-state index contributed by atoms with van der Waals surface area (Å²) in [5.74, 6) is -1.23. The van der Waals surface area contributed by atoms with Gasteiger partial charge in [-0.3, -0.25) is 29.4 Å². The summed E-state index contributed by atoms with van der Waals surface area (Å²) in [4.78, 5) is 52.1. The Bertz CT molecular complexity index is 916. The van der Waals surface area contributed by atoms with Crippen LogP contribution in [0.1, 0.15) is 42.9 Å². The van der Waals surface area contributed by atoms with Crippen molar-refractivity contribution in [3.63, 3.8) is 0 Å². The summed E-state index contributed by atoms with van der Waals surface area (Å²) in [7, 11) is 0. The van der Waals surface area contributed by atoms with Crippen molar-refractivity contribution in [2.75, 3.05) is 31.1 Å². The minimum absolute atomic E-state index is 0.237. The lowest BCUT2D eigenvalue weighted by molar-refractivity contribution is -0.141. The van der Waals surface area contributed by atoms with Crippen LogP contribution in [0.5, 0.6) is 0 Å². The number of hydrogen-bond acceptors (Lipinski definition) is 7. The number of piperidine rings is 2. The number of nitrogens with one attached hydrogen (secondary N) is 2. The van der Waals surface area contributed by atoms with Gasteiger partial charge < -0.3 is 10.2 Å². The van der Waals surface area contributed by atoms with Crippen LogP contribution in [-0.4, -0.2) is 61.0 Å². The van der Waals surface area contributed by atoms with Crippen LogP contribution in [0.15, 0.2) is 18.2 Å². The van der Waals surface area contributed by atoms with Crippen LogP contribution in [0.25, 0.3) is 0 Å². The summed E-state index contributed by atoms with van der Waals surface area (Å²) in [6, 6.07) is 4.75. The summed E-state index contributed by atoms with van der Waals surface area (Å²) in [6.07, 6.45) is 3.24. The van der Waals surface area contributed by atoms with Crippen molar-refractivity contribution < 1.29 is 19.2 Å². The van der Waals surface area contributed by atoms with Crippen molar-refractivity contribution in [1.29, 1.82) is 0 Å². The van der Waals surface area contributed by atoms with E-state index in [2.05, 4.69) is 21.6 Å². The molecule has 3 fully saturated rings. The summed E-state index contributed by atoms with van der Waals surface area (Å²) in [5.41, 5.74) is 3.27. The zero-order chi connectivity index (χ0) is 20.9. The molecule has 5 rings (SSSR count). The van der Waals surface area contributed by atoms with Crippen molar-refractivity contribution >= 4 is 29.6 Å². The lowest BCUT2D eigenvalue weighted by Gasteiger charge is -2.49. The maximum absolute atomic E-state index is 12.6. The molecule has 30 heavy (non-hydrogen) atoms. The quantitative estimate of drug-likeness (QED) is 0.419. The average Bonchev–Trinajstić information content (AvgIpc) is 3.10. The van der Waals surface area contributed by atoms with Crippen molar-refractivity contribution in [2.45, 2.75) is 44.3 Å². The molecule has 0 aromatic heterocycles. The van der Waals surface area contributed by atoms with E-state index in [1.165, 1.54) is 0 Å². The minimum Gasteiger partial charge on any atom is -0.371 e. The van der Waals surface area contributed by atoms with Crippen LogP contribution >= 0.6 is 0 Å². The van der Waals surface area contributed by atoms with Gasteiger partial charge in [0.15, 0.2) is 6.29 Å². The summed E-state index contributed by atoms with van der Waals surface area (Å²) < 4.78 is 0. The van der Waals surface area contributed by atoms with Crippen LogP contribution in [0.3, 0.4) is 0 Å². The molecule has 1 spiro atoms. The Hall–Kier alpha value is -2.58. The van der Waals surface area contributed by atoms with E-state index in [9.17, 15) is 19.2 Å². The molecule has 0 radical (unpaired) electrons. The number of aldehydes is 1. The van der Waals surface area contributed by atoms with Gasteiger partial charge in [0.25, 0.3) is 0 Å². The van der Waals surface area contributed by atoms with E-state index in [1.807, 2.05) is 12.1 Å². The van der Waals surface area contributed by atoms with Gasteiger partial charge in [-0.25, -0.2) is 0 Å². The number of anilines is 1.